The summed E-state index contributed by atoms with van der Waals surface area (Å²) in [7, 11) is -0.772. The molecular formula is C17H25BN2O6. The maximum atomic E-state index is 12.1. The van der Waals surface area contributed by atoms with Gasteiger partial charge >= 0.3 is 13.2 Å². The Kier molecular flexibility index (Phi) is 5.09. The second-order valence-electron chi connectivity index (χ2n) is 8.24. The predicted octanol–water partition coefficient (Wildman–Crippen LogP) is 3.24. The van der Waals surface area contributed by atoms with Crippen molar-refractivity contribution in [1.29, 1.82) is 0 Å². The van der Waals surface area contributed by atoms with Crippen molar-refractivity contribution in [3.05, 3.63) is 28.3 Å². The van der Waals surface area contributed by atoms with Gasteiger partial charge < -0.3 is 14.0 Å². The van der Waals surface area contributed by atoms with Crippen LogP contribution >= 0.6 is 0 Å². The molecule has 1 heterocycles. The fourth-order valence-electron chi connectivity index (χ4n) is 2.36. The maximum absolute atomic E-state index is 12.1. The van der Waals surface area contributed by atoms with Crippen LogP contribution in [0.4, 0.5) is 16.2 Å². The Bertz CT molecular complexity index is 710. The van der Waals surface area contributed by atoms with E-state index in [-0.39, 0.29) is 11.4 Å². The van der Waals surface area contributed by atoms with Gasteiger partial charge in [0.15, 0.2) is 0 Å². The van der Waals surface area contributed by atoms with Crippen LogP contribution in [0.3, 0.4) is 0 Å². The molecule has 1 aliphatic heterocycles. The Morgan fingerprint density at radius 3 is 2.19 bits per heavy atom. The van der Waals surface area contributed by atoms with Gasteiger partial charge in [-0.3, -0.25) is 15.4 Å². The minimum atomic E-state index is -0.772. The van der Waals surface area contributed by atoms with Crippen molar-refractivity contribution < 1.29 is 23.8 Å². The summed E-state index contributed by atoms with van der Waals surface area (Å²) in [5.74, 6) is 0. The number of hydrogen-bond acceptors (Lipinski definition) is 6. The summed E-state index contributed by atoms with van der Waals surface area (Å²) < 4.78 is 17.2. The standard InChI is InChI=1S/C17H25BN2O6/c1-15(2,3)24-14(21)19-13-10-11(20(22)23)8-9-12(13)18-25-16(4,5)17(6,7)26-18/h8-10H,1-7H3,(H,19,21). The number of rotatable bonds is 3. The number of benzene rings is 1. The van der Waals surface area contributed by atoms with Crippen LogP contribution in [-0.4, -0.2) is 34.9 Å². The minimum Gasteiger partial charge on any atom is -0.444 e. The summed E-state index contributed by atoms with van der Waals surface area (Å²) >= 11 is 0. The largest absolute Gasteiger partial charge is 0.496 e. The summed E-state index contributed by atoms with van der Waals surface area (Å²) in [4.78, 5) is 22.7. The SMILES string of the molecule is CC(C)(C)OC(=O)Nc1cc([N+](=O)[O-])ccc1B1OC(C)(C)C(C)(C)O1. The monoisotopic (exact) mass is 364 g/mol. The van der Waals surface area contributed by atoms with Gasteiger partial charge in [-0.25, -0.2) is 4.79 Å². The van der Waals surface area contributed by atoms with Gasteiger partial charge in [0.2, 0.25) is 0 Å². The van der Waals surface area contributed by atoms with Crippen LogP contribution in [0.5, 0.6) is 0 Å². The van der Waals surface area contributed by atoms with Gasteiger partial charge in [-0.1, -0.05) is 6.07 Å². The number of non-ortho nitro benzene ring substituents is 1. The Labute approximate surface area is 153 Å². The molecule has 0 radical (unpaired) electrons. The zero-order valence-electron chi connectivity index (χ0n) is 16.2. The van der Waals surface area contributed by atoms with E-state index in [1.54, 1.807) is 20.8 Å². The van der Waals surface area contributed by atoms with E-state index in [0.717, 1.165) is 0 Å². The highest BCUT2D eigenvalue weighted by Gasteiger charge is 2.52. The van der Waals surface area contributed by atoms with Crippen LogP contribution in [0.1, 0.15) is 48.5 Å². The molecule has 8 nitrogen and oxygen atoms in total. The molecule has 1 N–H and O–H groups in total. The fourth-order valence-corrected chi connectivity index (χ4v) is 2.36. The van der Waals surface area contributed by atoms with Gasteiger partial charge in [-0.15, -0.1) is 0 Å². The molecule has 0 bridgehead atoms. The average Bonchev–Trinajstić information content (AvgIpc) is 2.64. The number of ether oxygens (including phenoxy) is 1. The van der Waals surface area contributed by atoms with Gasteiger partial charge in [0.05, 0.1) is 21.8 Å². The molecule has 9 heteroatoms. The first kappa shape index (κ1) is 20.2. The topological polar surface area (TPSA) is 99.9 Å². The van der Waals surface area contributed by atoms with Gasteiger partial charge in [0.25, 0.3) is 5.69 Å². The minimum absolute atomic E-state index is 0.156. The Morgan fingerprint density at radius 1 is 1.19 bits per heavy atom. The molecular weight excluding hydrogens is 339 g/mol. The second kappa shape index (κ2) is 6.55. The average molecular weight is 364 g/mol. The van der Waals surface area contributed by atoms with Gasteiger partial charge in [-0.05, 0) is 48.5 Å². The number of hydrogen-bond donors (Lipinski definition) is 1. The van der Waals surface area contributed by atoms with Crippen LogP contribution in [0, 0.1) is 10.1 Å². The zero-order chi connectivity index (χ0) is 19.9. The van der Waals surface area contributed by atoms with Gasteiger partial charge in [0, 0.05) is 17.6 Å². The number of carbonyl (C=O) groups excluding carboxylic acids is 1. The lowest BCUT2D eigenvalue weighted by atomic mass is 9.77. The van der Waals surface area contributed by atoms with E-state index in [1.807, 2.05) is 27.7 Å². The summed E-state index contributed by atoms with van der Waals surface area (Å²) in [5, 5.41) is 13.7. The lowest BCUT2D eigenvalue weighted by Crippen LogP contribution is -2.41. The van der Waals surface area contributed by atoms with E-state index in [1.165, 1.54) is 18.2 Å². The Hall–Kier alpha value is -2.13. The molecule has 1 saturated heterocycles. The molecule has 1 aromatic carbocycles. The van der Waals surface area contributed by atoms with E-state index >= 15 is 0 Å². The number of nitro groups is 1. The zero-order valence-corrected chi connectivity index (χ0v) is 16.2. The quantitative estimate of drug-likeness (QED) is 0.502. The highest BCUT2D eigenvalue weighted by molar-refractivity contribution is 6.64. The van der Waals surface area contributed by atoms with Crippen molar-refractivity contribution in [2.75, 3.05) is 5.32 Å². The van der Waals surface area contributed by atoms with Crippen LogP contribution < -0.4 is 10.8 Å². The van der Waals surface area contributed by atoms with Crippen molar-refractivity contribution in [3.8, 4) is 0 Å². The molecule has 26 heavy (non-hydrogen) atoms. The van der Waals surface area contributed by atoms with Crippen LogP contribution in [0.25, 0.3) is 0 Å². The molecule has 1 aliphatic rings. The van der Waals surface area contributed by atoms with E-state index in [9.17, 15) is 14.9 Å². The number of carbonyl (C=O) groups is 1. The van der Waals surface area contributed by atoms with E-state index in [4.69, 9.17) is 14.0 Å². The molecule has 2 rings (SSSR count). The third-order valence-electron chi connectivity index (χ3n) is 4.39. The smallest absolute Gasteiger partial charge is 0.444 e. The lowest BCUT2D eigenvalue weighted by Gasteiger charge is -2.32. The number of nitrogens with zero attached hydrogens (tertiary/aromatic N) is 1. The number of anilines is 1. The molecule has 142 valence electrons. The normalized spacial score (nSPS) is 18.5. The predicted molar refractivity (Wildman–Crippen MR) is 98.7 cm³/mol. The molecule has 0 spiro atoms. The van der Waals surface area contributed by atoms with Crippen molar-refractivity contribution in [2.24, 2.45) is 0 Å². The number of nitro benzene ring substituents is 1. The highest BCUT2D eigenvalue weighted by Crippen LogP contribution is 2.37. The first-order chi connectivity index (χ1) is 11.7. The highest BCUT2D eigenvalue weighted by atomic mass is 16.7. The van der Waals surface area contributed by atoms with Gasteiger partial charge in [0.1, 0.15) is 5.60 Å². The molecule has 0 unspecified atom stereocenters. The maximum Gasteiger partial charge on any atom is 0.496 e. The summed E-state index contributed by atoms with van der Waals surface area (Å²) in [5.41, 5.74) is -1.32. The van der Waals surface area contributed by atoms with E-state index in [2.05, 4.69) is 5.32 Å². The van der Waals surface area contributed by atoms with Gasteiger partial charge in [-0.2, -0.15) is 0 Å². The molecule has 1 amide bonds. The summed E-state index contributed by atoms with van der Waals surface area (Å²) in [6.07, 6.45) is -0.712. The Morgan fingerprint density at radius 2 is 1.73 bits per heavy atom. The second-order valence-corrected chi connectivity index (χ2v) is 8.24. The first-order valence-corrected chi connectivity index (χ1v) is 8.36. The molecule has 0 saturated carbocycles. The van der Waals surface area contributed by atoms with E-state index < -0.39 is 34.9 Å². The first-order valence-electron chi connectivity index (χ1n) is 8.36. The lowest BCUT2D eigenvalue weighted by molar-refractivity contribution is -0.384. The van der Waals surface area contributed by atoms with Crippen molar-refractivity contribution >= 4 is 30.0 Å². The van der Waals surface area contributed by atoms with E-state index in [0.29, 0.717) is 5.46 Å². The third kappa shape index (κ3) is 4.34. The van der Waals surface area contributed by atoms with Crippen LogP contribution in [0.15, 0.2) is 18.2 Å². The number of nitrogens with one attached hydrogen (secondary N) is 1. The van der Waals surface area contributed by atoms with Crippen LogP contribution in [-0.2, 0) is 14.0 Å². The molecule has 0 aromatic heterocycles. The fraction of sp³-hybridized carbons (Fsp3) is 0.588. The summed E-state index contributed by atoms with van der Waals surface area (Å²) in [6, 6.07) is 4.14. The van der Waals surface area contributed by atoms with Crippen molar-refractivity contribution in [3.63, 3.8) is 0 Å². The van der Waals surface area contributed by atoms with Crippen molar-refractivity contribution in [2.45, 2.75) is 65.3 Å². The number of amides is 1. The Balaban J connectivity index is 2.37. The molecule has 0 aliphatic carbocycles. The molecule has 1 aromatic rings. The summed E-state index contributed by atoms with van der Waals surface area (Å²) in [6.45, 7) is 12.8. The molecule has 0 atom stereocenters. The van der Waals surface area contributed by atoms with Crippen molar-refractivity contribution in [1.82, 2.24) is 0 Å². The molecule has 1 fully saturated rings. The van der Waals surface area contributed by atoms with Crippen LogP contribution in [0.2, 0.25) is 0 Å². The third-order valence-corrected chi connectivity index (χ3v) is 4.39.